The summed E-state index contributed by atoms with van der Waals surface area (Å²) in [6.45, 7) is 4.94. The minimum absolute atomic E-state index is 0. The van der Waals surface area contributed by atoms with Gasteiger partial charge in [-0.25, -0.2) is 0 Å². The zero-order valence-electron chi connectivity index (χ0n) is 11.6. The molecule has 0 atom stereocenters. The molecule has 0 unspecified atom stereocenters. The van der Waals surface area contributed by atoms with Crippen LogP contribution in [0, 0.1) is 0 Å². The molecule has 0 heterocycles. The Labute approximate surface area is 132 Å². The van der Waals surface area contributed by atoms with E-state index < -0.39 is 0 Å². The van der Waals surface area contributed by atoms with Gasteiger partial charge in [0.15, 0.2) is 0 Å². The second-order valence-corrected chi connectivity index (χ2v) is 5.11. The van der Waals surface area contributed by atoms with Gasteiger partial charge in [-0.05, 0) is 41.9 Å². The third kappa shape index (κ3) is 5.04. The maximum absolute atomic E-state index is 6.02. The molecular weight excluding hydrogens is 291 g/mol. The van der Waals surface area contributed by atoms with Crippen molar-refractivity contribution in [1.29, 1.82) is 0 Å². The Morgan fingerprint density at radius 2 is 1.60 bits per heavy atom. The fourth-order valence-electron chi connectivity index (χ4n) is 2.12. The predicted molar refractivity (Wildman–Crippen MR) is 89.3 cm³/mol. The van der Waals surface area contributed by atoms with E-state index in [0.29, 0.717) is 0 Å². The number of hydrogen-bond donors (Lipinski definition) is 1. The van der Waals surface area contributed by atoms with Crippen molar-refractivity contribution in [3.05, 3.63) is 64.7 Å². The van der Waals surface area contributed by atoms with Crippen LogP contribution >= 0.6 is 24.0 Å². The number of hydrogen-bond acceptors (Lipinski definition) is 2. The van der Waals surface area contributed by atoms with Gasteiger partial charge in [-0.2, -0.15) is 0 Å². The highest BCUT2D eigenvalue weighted by atomic mass is 35.5. The largest absolute Gasteiger partial charge is 0.399 e. The summed E-state index contributed by atoms with van der Waals surface area (Å²) < 4.78 is 0. The first kappa shape index (κ1) is 16.8. The third-order valence-electron chi connectivity index (χ3n) is 3.10. The average Bonchev–Trinajstić information content (AvgIpc) is 2.38. The van der Waals surface area contributed by atoms with E-state index in [4.69, 9.17) is 17.3 Å². The van der Waals surface area contributed by atoms with Crippen LogP contribution in [0.25, 0.3) is 0 Å². The Morgan fingerprint density at radius 1 is 1.00 bits per heavy atom. The van der Waals surface area contributed by atoms with Gasteiger partial charge in [-0.15, -0.1) is 12.4 Å². The molecule has 0 fully saturated rings. The molecule has 0 saturated heterocycles. The van der Waals surface area contributed by atoms with Gasteiger partial charge in [0.2, 0.25) is 0 Å². The van der Waals surface area contributed by atoms with E-state index in [2.05, 4.69) is 24.0 Å². The summed E-state index contributed by atoms with van der Waals surface area (Å²) in [6, 6.07) is 16.1. The first-order valence-electron chi connectivity index (χ1n) is 6.48. The fraction of sp³-hybridized carbons (Fsp3) is 0.250. The highest BCUT2D eigenvalue weighted by Gasteiger charge is 2.05. The maximum atomic E-state index is 6.02. The molecule has 2 nitrogen and oxygen atoms in total. The second kappa shape index (κ2) is 8.15. The monoisotopic (exact) mass is 310 g/mol. The topological polar surface area (TPSA) is 29.3 Å². The van der Waals surface area contributed by atoms with Crippen LogP contribution in [0.4, 0.5) is 5.69 Å². The Kier molecular flexibility index (Phi) is 6.86. The summed E-state index contributed by atoms with van der Waals surface area (Å²) in [4.78, 5) is 2.36. The van der Waals surface area contributed by atoms with Crippen molar-refractivity contribution in [2.45, 2.75) is 20.0 Å². The average molecular weight is 311 g/mol. The fourth-order valence-corrected chi connectivity index (χ4v) is 2.34. The van der Waals surface area contributed by atoms with Crippen LogP contribution in [0.3, 0.4) is 0 Å². The van der Waals surface area contributed by atoms with Gasteiger partial charge in [0.05, 0.1) is 0 Å². The highest BCUT2D eigenvalue weighted by Crippen LogP contribution is 2.15. The van der Waals surface area contributed by atoms with Gasteiger partial charge >= 0.3 is 0 Å². The van der Waals surface area contributed by atoms with Crippen LogP contribution in [-0.2, 0) is 13.1 Å². The lowest BCUT2D eigenvalue weighted by Gasteiger charge is -2.21. The van der Waals surface area contributed by atoms with Crippen molar-refractivity contribution in [3.8, 4) is 0 Å². The van der Waals surface area contributed by atoms with E-state index >= 15 is 0 Å². The molecule has 0 bridgehead atoms. The van der Waals surface area contributed by atoms with Crippen molar-refractivity contribution < 1.29 is 0 Å². The normalized spacial score (nSPS) is 10.3. The smallest absolute Gasteiger partial charge is 0.0409 e. The first-order chi connectivity index (χ1) is 9.17. The molecule has 4 heteroatoms. The van der Waals surface area contributed by atoms with Gasteiger partial charge in [-0.3, -0.25) is 4.90 Å². The van der Waals surface area contributed by atoms with Crippen molar-refractivity contribution in [3.63, 3.8) is 0 Å². The number of nitrogens with two attached hydrogens (primary N) is 1. The van der Waals surface area contributed by atoms with E-state index in [9.17, 15) is 0 Å². The molecule has 0 aliphatic carbocycles. The molecule has 108 valence electrons. The maximum Gasteiger partial charge on any atom is 0.0409 e. The summed E-state index contributed by atoms with van der Waals surface area (Å²) in [5.74, 6) is 0. The molecule has 20 heavy (non-hydrogen) atoms. The molecule has 0 saturated carbocycles. The molecule has 2 aromatic carbocycles. The lowest BCUT2D eigenvalue weighted by Crippen LogP contribution is -2.22. The molecule has 0 aliphatic rings. The molecule has 0 aromatic heterocycles. The Hall–Kier alpha value is -1.22. The van der Waals surface area contributed by atoms with Crippen molar-refractivity contribution in [2.75, 3.05) is 12.3 Å². The standard InChI is InChI=1S/C16H19ClN2.ClH/c1-2-19(11-13-5-3-7-15(17)9-13)12-14-6-4-8-16(18)10-14;/h3-10H,2,11-12,18H2,1H3;1H. The first-order valence-corrected chi connectivity index (χ1v) is 6.86. The molecule has 0 aliphatic heterocycles. The zero-order valence-corrected chi connectivity index (χ0v) is 13.1. The SMILES string of the molecule is CCN(Cc1cccc(N)c1)Cc1cccc(Cl)c1.Cl. The van der Waals surface area contributed by atoms with Crippen LogP contribution in [0.2, 0.25) is 5.02 Å². The van der Waals surface area contributed by atoms with Gasteiger partial charge in [0.1, 0.15) is 0 Å². The minimum atomic E-state index is 0. The van der Waals surface area contributed by atoms with Gasteiger partial charge in [0, 0.05) is 23.8 Å². The van der Waals surface area contributed by atoms with Gasteiger partial charge in [-0.1, -0.05) is 42.8 Å². The molecule has 0 spiro atoms. The molecule has 2 N–H and O–H groups in total. The number of rotatable bonds is 5. The lowest BCUT2D eigenvalue weighted by molar-refractivity contribution is 0.271. The molecular formula is C16H20Cl2N2. The number of benzene rings is 2. The molecule has 0 radical (unpaired) electrons. The molecule has 2 rings (SSSR count). The van der Waals surface area contributed by atoms with E-state index in [0.717, 1.165) is 30.3 Å². The minimum Gasteiger partial charge on any atom is -0.399 e. The van der Waals surface area contributed by atoms with Crippen LogP contribution in [0.15, 0.2) is 48.5 Å². The lowest BCUT2D eigenvalue weighted by atomic mass is 10.1. The van der Waals surface area contributed by atoms with Crippen molar-refractivity contribution in [2.24, 2.45) is 0 Å². The third-order valence-corrected chi connectivity index (χ3v) is 3.33. The van der Waals surface area contributed by atoms with Crippen molar-refractivity contribution >= 4 is 29.7 Å². The summed E-state index contributed by atoms with van der Waals surface area (Å²) in [5.41, 5.74) is 9.10. The number of anilines is 1. The Balaban J connectivity index is 0.00000200. The van der Waals surface area contributed by atoms with Crippen LogP contribution in [0.1, 0.15) is 18.1 Å². The number of nitrogens with zero attached hydrogens (tertiary/aromatic N) is 1. The van der Waals surface area contributed by atoms with E-state index in [-0.39, 0.29) is 12.4 Å². The van der Waals surface area contributed by atoms with E-state index in [1.54, 1.807) is 0 Å². The quantitative estimate of drug-likeness (QED) is 0.831. The summed E-state index contributed by atoms with van der Waals surface area (Å²) in [6.07, 6.45) is 0. The second-order valence-electron chi connectivity index (χ2n) is 4.68. The zero-order chi connectivity index (χ0) is 13.7. The van der Waals surface area contributed by atoms with Gasteiger partial charge < -0.3 is 5.73 Å². The summed E-state index contributed by atoms with van der Waals surface area (Å²) in [5, 5.41) is 0.789. The number of nitrogen functional groups attached to an aromatic ring is 1. The van der Waals surface area contributed by atoms with Crippen LogP contribution in [0.5, 0.6) is 0 Å². The van der Waals surface area contributed by atoms with Gasteiger partial charge in [0.25, 0.3) is 0 Å². The van der Waals surface area contributed by atoms with Crippen molar-refractivity contribution in [1.82, 2.24) is 4.90 Å². The molecule has 2 aromatic rings. The highest BCUT2D eigenvalue weighted by molar-refractivity contribution is 6.30. The van der Waals surface area contributed by atoms with Crippen LogP contribution < -0.4 is 5.73 Å². The summed E-state index contributed by atoms with van der Waals surface area (Å²) in [7, 11) is 0. The van der Waals surface area contributed by atoms with Crippen LogP contribution in [-0.4, -0.2) is 11.4 Å². The summed E-state index contributed by atoms with van der Waals surface area (Å²) >= 11 is 6.02. The number of halogens is 2. The van der Waals surface area contributed by atoms with E-state index in [1.165, 1.54) is 11.1 Å². The predicted octanol–water partition coefficient (Wildman–Crippen LogP) is 4.37. The van der Waals surface area contributed by atoms with E-state index in [1.807, 2.05) is 36.4 Å². The Morgan fingerprint density at radius 3 is 2.15 bits per heavy atom. The Bertz CT molecular complexity index is 496. The molecule has 0 amide bonds.